The first-order valence-corrected chi connectivity index (χ1v) is 7.54. The second-order valence-corrected chi connectivity index (χ2v) is 5.87. The lowest BCUT2D eigenvalue weighted by Crippen LogP contribution is -2.32. The van der Waals surface area contributed by atoms with Gasteiger partial charge in [-0.05, 0) is 57.7 Å². The fraction of sp³-hybridized carbons (Fsp3) is 0.800. The molecule has 0 radical (unpaired) electrons. The summed E-state index contributed by atoms with van der Waals surface area (Å²) in [7, 11) is 1.97. The summed E-state index contributed by atoms with van der Waals surface area (Å²) in [6.07, 6.45) is 7.76. The van der Waals surface area contributed by atoms with Crippen LogP contribution in [0.2, 0.25) is 0 Å². The average molecular weight is 265 g/mol. The van der Waals surface area contributed by atoms with Crippen molar-refractivity contribution >= 4 is 0 Å². The molecule has 0 aliphatic carbocycles. The van der Waals surface area contributed by atoms with Crippen LogP contribution in [0.4, 0.5) is 0 Å². The van der Waals surface area contributed by atoms with Gasteiger partial charge in [0.25, 0.3) is 0 Å². The fourth-order valence-corrected chi connectivity index (χ4v) is 3.03. The van der Waals surface area contributed by atoms with E-state index in [1.807, 2.05) is 24.0 Å². The number of nitrogens with zero attached hydrogens (tertiary/aromatic N) is 3. The van der Waals surface area contributed by atoms with E-state index in [0.29, 0.717) is 0 Å². The summed E-state index contributed by atoms with van der Waals surface area (Å²) in [6.45, 7) is 5.56. The Bertz CT molecular complexity index is 390. The molecule has 0 saturated carbocycles. The summed E-state index contributed by atoms with van der Waals surface area (Å²) in [4.78, 5) is 2.49. The molecule has 19 heavy (non-hydrogen) atoms. The highest BCUT2D eigenvalue weighted by atomic mass is 16.3. The number of aliphatic hydroxyl groups is 1. The minimum Gasteiger partial charge on any atom is -0.390 e. The van der Waals surface area contributed by atoms with Crippen LogP contribution in [-0.4, -0.2) is 45.0 Å². The molecule has 4 heteroatoms. The molecule has 4 nitrogen and oxygen atoms in total. The SMILES string of the molecule is CCCN1CCCC(O)(CCc2ccnn2C)CC1. The first-order chi connectivity index (χ1) is 9.13. The van der Waals surface area contributed by atoms with E-state index in [1.165, 1.54) is 12.1 Å². The third kappa shape index (κ3) is 4.05. The standard InChI is InChI=1S/C15H27N3O/c1-3-11-18-12-4-7-15(19,9-13-18)8-5-14-6-10-16-17(14)2/h6,10,19H,3-5,7-9,11-13H2,1-2H3. The average Bonchev–Trinajstić information content (AvgIpc) is 2.70. The van der Waals surface area contributed by atoms with Crippen LogP contribution < -0.4 is 0 Å². The predicted molar refractivity (Wildman–Crippen MR) is 77.1 cm³/mol. The molecule has 1 aromatic rings. The van der Waals surface area contributed by atoms with E-state index >= 15 is 0 Å². The molecule has 1 aliphatic heterocycles. The second-order valence-electron chi connectivity index (χ2n) is 5.87. The molecular weight excluding hydrogens is 238 g/mol. The summed E-state index contributed by atoms with van der Waals surface area (Å²) in [5.74, 6) is 0. The quantitative estimate of drug-likeness (QED) is 0.885. The summed E-state index contributed by atoms with van der Waals surface area (Å²) in [6, 6.07) is 2.05. The number of aromatic nitrogens is 2. The molecule has 1 saturated heterocycles. The van der Waals surface area contributed by atoms with Gasteiger partial charge in [-0.15, -0.1) is 0 Å². The first-order valence-electron chi connectivity index (χ1n) is 7.54. The van der Waals surface area contributed by atoms with Gasteiger partial charge in [0.15, 0.2) is 0 Å². The molecule has 1 N–H and O–H groups in total. The molecule has 2 rings (SSSR count). The van der Waals surface area contributed by atoms with E-state index in [9.17, 15) is 5.11 Å². The summed E-state index contributed by atoms with van der Waals surface area (Å²) < 4.78 is 1.91. The number of likely N-dealkylation sites (tertiary alicyclic amines) is 1. The van der Waals surface area contributed by atoms with Crippen molar-refractivity contribution in [3.63, 3.8) is 0 Å². The number of rotatable bonds is 5. The predicted octanol–water partition coefficient (Wildman–Crippen LogP) is 1.98. The van der Waals surface area contributed by atoms with Crippen molar-refractivity contribution in [2.45, 2.75) is 51.0 Å². The third-order valence-corrected chi connectivity index (χ3v) is 4.32. The number of hydrogen-bond acceptors (Lipinski definition) is 3. The lowest BCUT2D eigenvalue weighted by atomic mass is 9.89. The topological polar surface area (TPSA) is 41.3 Å². The highest BCUT2D eigenvalue weighted by Crippen LogP contribution is 2.27. The maximum absolute atomic E-state index is 10.8. The highest BCUT2D eigenvalue weighted by molar-refractivity contribution is 5.01. The molecule has 0 spiro atoms. The normalized spacial score (nSPS) is 25.4. The largest absolute Gasteiger partial charge is 0.390 e. The number of aryl methyl sites for hydroxylation is 2. The van der Waals surface area contributed by atoms with Crippen LogP contribution in [-0.2, 0) is 13.5 Å². The Hall–Kier alpha value is -0.870. The van der Waals surface area contributed by atoms with Gasteiger partial charge in [-0.25, -0.2) is 0 Å². The van der Waals surface area contributed by atoms with Crippen molar-refractivity contribution in [2.24, 2.45) is 7.05 Å². The highest BCUT2D eigenvalue weighted by Gasteiger charge is 2.29. The van der Waals surface area contributed by atoms with Crippen LogP contribution >= 0.6 is 0 Å². The van der Waals surface area contributed by atoms with Gasteiger partial charge < -0.3 is 10.0 Å². The number of hydrogen-bond donors (Lipinski definition) is 1. The summed E-state index contributed by atoms with van der Waals surface area (Å²) in [5, 5.41) is 15.0. The van der Waals surface area contributed by atoms with Crippen molar-refractivity contribution in [1.29, 1.82) is 0 Å². The van der Waals surface area contributed by atoms with Crippen molar-refractivity contribution < 1.29 is 5.11 Å². The van der Waals surface area contributed by atoms with Gasteiger partial charge in [0.05, 0.1) is 5.60 Å². The molecule has 108 valence electrons. The maximum Gasteiger partial charge on any atom is 0.0664 e. The molecule has 1 atom stereocenters. The zero-order chi connectivity index (χ0) is 13.7. The Labute approximate surface area is 116 Å². The van der Waals surface area contributed by atoms with E-state index in [1.54, 1.807) is 0 Å². The monoisotopic (exact) mass is 265 g/mol. The van der Waals surface area contributed by atoms with Crippen molar-refractivity contribution in [1.82, 2.24) is 14.7 Å². The Morgan fingerprint density at radius 1 is 1.37 bits per heavy atom. The Balaban J connectivity index is 1.86. The molecule has 1 fully saturated rings. The van der Waals surface area contributed by atoms with Crippen molar-refractivity contribution in [2.75, 3.05) is 19.6 Å². The molecule has 1 aromatic heterocycles. The summed E-state index contributed by atoms with van der Waals surface area (Å²) in [5.41, 5.74) is 0.732. The minimum atomic E-state index is -0.479. The van der Waals surface area contributed by atoms with E-state index < -0.39 is 5.60 Å². The van der Waals surface area contributed by atoms with E-state index in [0.717, 1.165) is 51.7 Å². The van der Waals surface area contributed by atoms with Crippen LogP contribution in [0.3, 0.4) is 0 Å². The van der Waals surface area contributed by atoms with Gasteiger partial charge in [-0.1, -0.05) is 6.92 Å². The lowest BCUT2D eigenvalue weighted by molar-refractivity contribution is 0.0168. The lowest BCUT2D eigenvalue weighted by Gasteiger charge is -2.27. The van der Waals surface area contributed by atoms with Gasteiger partial charge in [0.2, 0.25) is 0 Å². The second kappa shape index (κ2) is 6.53. The van der Waals surface area contributed by atoms with E-state index in [-0.39, 0.29) is 0 Å². The van der Waals surface area contributed by atoms with Crippen LogP contribution in [0, 0.1) is 0 Å². The van der Waals surface area contributed by atoms with Crippen LogP contribution in [0.5, 0.6) is 0 Å². The van der Waals surface area contributed by atoms with E-state index in [2.05, 4.69) is 16.9 Å². The molecule has 0 amide bonds. The van der Waals surface area contributed by atoms with Gasteiger partial charge >= 0.3 is 0 Å². The van der Waals surface area contributed by atoms with Crippen molar-refractivity contribution in [3.8, 4) is 0 Å². The first kappa shape index (κ1) is 14.5. The molecule has 2 heterocycles. The Kier molecular flexibility index (Phi) is 4.99. The smallest absolute Gasteiger partial charge is 0.0664 e. The molecular formula is C15H27N3O. The minimum absolute atomic E-state index is 0.479. The van der Waals surface area contributed by atoms with E-state index in [4.69, 9.17) is 0 Å². The van der Waals surface area contributed by atoms with Gasteiger partial charge in [0, 0.05) is 25.5 Å². The molecule has 1 unspecified atom stereocenters. The van der Waals surface area contributed by atoms with Gasteiger partial charge in [-0.3, -0.25) is 4.68 Å². The fourth-order valence-electron chi connectivity index (χ4n) is 3.03. The molecule has 0 aromatic carbocycles. The van der Waals surface area contributed by atoms with Crippen LogP contribution in [0.25, 0.3) is 0 Å². The Morgan fingerprint density at radius 2 is 2.21 bits per heavy atom. The van der Waals surface area contributed by atoms with Crippen molar-refractivity contribution in [3.05, 3.63) is 18.0 Å². The van der Waals surface area contributed by atoms with Crippen LogP contribution in [0.15, 0.2) is 12.3 Å². The van der Waals surface area contributed by atoms with Gasteiger partial charge in [-0.2, -0.15) is 5.10 Å². The molecule has 0 bridgehead atoms. The zero-order valence-electron chi connectivity index (χ0n) is 12.3. The zero-order valence-corrected chi connectivity index (χ0v) is 12.3. The third-order valence-electron chi connectivity index (χ3n) is 4.32. The summed E-state index contributed by atoms with van der Waals surface area (Å²) >= 11 is 0. The Morgan fingerprint density at radius 3 is 2.89 bits per heavy atom. The van der Waals surface area contributed by atoms with Crippen LogP contribution in [0.1, 0.15) is 44.7 Å². The van der Waals surface area contributed by atoms with Gasteiger partial charge in [0.1, 0.15) is 0 Å². The maximum atomic E-state index is 10.8. The molecule has 1 aliphatic rings.